The predicted molar refractivity (Wildman–Crippen MR) is 91.3 cm³/mol. The predicted octanol–water partition coefficient (Wildman–Crippen LogP) is 3.64. The average molecular weight is 309 g/mol. The maximum Gasteiger partial charge on any atom is 0.319 e. The zero-order chi connectivity index (χ0) is 16.1. The number of hydrogen-bond acceptors (Lipinski definition) is 2. The molecule has 23 heavy (non-hydrogen) atoms. The minimum Gasteiger partial charge on any atom is -0.380 e. The number of nitrogens with one attached hydrogen (secondary N) is 3. The van der Waals surface area contributed by atoms with Gasteiger partial charge in [-0.05, 0) is 35.4 Å². The first-order chi connectivity index (χ1) is 11.2. The maximum atomic E-state index is 12.0. The highest BCUT2D eigenvalue weighted by Gasteiger charge is 2.04. The number of carbonyl (C=O) groups excluding carboxylic acids is 1. The summed E-state index contributed by atoms with van der Waals surface area (Å²) in [4.78, 5) is 15.1. The molecular formula is C18H19N3O2. The van der Waals surface area contributed by atoms with E-state index >= 15 is 0 Å². The fraction of sp³-hybridized carbons (Fsp3) is 0.167. The molecule has 3 aromatic rings. The SMILES string of the molecule is COCc1cccc(CNC(=O)Nc2ccc3[nH]ccc3c2)c1. The third-order valence-electron chi connectivity index (χ3n) is 3.57. The Morgan fingerprint density at radius 3 is 2.87 bits per heavy atom. The van der Waals surface area contributed by atoms with Crippen LogP contribution in [-0.2, 0) is 17.9 Å². The molecule has 0 aliphatic carbocycles. The molecule has 2 aromatic carbocycles. The summed E-state index contributed by atoms with van der Waals surface area (Å²) >= 11 is 0. The number of H-pyrrole nitrogens is 1. The average Bonchev–Trinajstić information content (AvgIpc) is 3.01. The molecule has 3 rings (SSSR count). The monoisotopic (exact) mass is 309 g/mol. The number of methoxy groups -OCH3 is 1. The molecule has 1 heterocycles. The standard InChI is InChI=1S/C18H19N3O2/c1-23-12-14-4-2-3-13(9-14)11-20-18(22)21-16-5-6-17-15(10-16)7-8-19-17/h2-10,19H,11-12H2,1H3,(H2,20,21,22). The van der Waals surface area contributed by atoms with E-state index in [1.54, 1.807) is 7.11 Å². The lowest BCUT2D eigenvalue weighted by Crippen LogP contribution is -2.28. The van der Waals surface area contributed by atoms with Crippen molar-refractivity contribution in [1.82, 2.24) is 10.3 Å². The largest absolute Gasteiger partial charge is 0.380 e. The number of aromatic amines is 1. The van der Waals surface area contributed by atoms with Crippen LogP contribution in [0.4, 0.5) is 10.5 Å². The van der Waals surface area contributed by atoms with E-state index in [9.17, 15) is 4.79 Å². The maximum absolute atomic E-state index is 12.0. The van der Waals surface area contributed by atoms with Crippen molar-refractivity contribution in [2.75, 3.05) is 12.4 Å². The zero-order valence-electron chi connectivity index (χ0n) is 12.9. The number of amides is 2. The van der Waals surface area contributed by atoms with Gasteiger partial charge in [0.05, 0.1) is 6.61 Å². The Morgan fingerprint density at radius 2 is 2.00 bits per heavy atom. The Morgan fingerprint density at radius 1 is 1.13 bits per heavy atom. The molecule has 0 atom stereocenters. The quantitative estimate of drug-likeness (QED) is 0.673. The molecule has 5 heteroatoms. The Kier molecular flexibility index (Phi) is 4.59. The molecule has 0 unspecified atom stereocenters. The van der Waals surface area contributed by atoms with Crippen LogP contribution in [0.15, 0.2) is 54.7 Å². The van der Waals surface area contributed by atoms with Crippen molar-refractivity contribution in [2.24, 2.45) is 0 Å². The normalized spacial score (nSPS) is 10.7. The van der Waals surface area contributed by atoms with Crippen molar-refractivity contribution in [3.63, 3.8) is 0 Å². The Labute approximate surface area is 134 Å². The van der Waals surface area contributed by atoms with Gasteiger partial charge in [-0.3, -0.25) is 0 Å². The van der Waals surface area contributed by atoms with Crippen molar-refractivity contribution in [3.05, 3.63) is 65.9 Å². The van der Waals surface area contributed by atoms with Crippen LogP contribution >= 0.6 is 0 Å². The minimum absolute atomic E-state index is 0.225. The first-order valence-corrected chi connectivity index (χ1v) is 7.43. The fourth-order valence-corrected chi connectivity index (χ4v) is 2.48. The molecule has 0 radical (unpaired) electrons. The second-order valence-corrected chi connectivity index (χ2v) is 5.34. The lowest BCUT2D eigenvalue weighted by molar-refractivity contribution is 0.185. The van der Waals surface area contributed by atoms with Crippen molar-refractivity contribution in [1.29, 1.82) is 0 Å². The van der Waals surface area contributed by atoms with Crippen LogP contribution in [0.25, 0.3) is 10.9 Å². The molecule has 3 N–H and O–H groups in total. The van der Waals surface area contributed by atoms with Gasteiger partial charge in [0.1, 0.15) is 0 Å². The van der Waals surface area contributed by atoms with E-state index in [4.69, 9.17) is 4.74 Å². The molecule has 2 amide bonds. The molecule has 0 spiro atoms. The third-order valence-corrected chi connectivity index (χ3v) is 3.57. The summed E-state index contributed by atoms with van der Waals surface area (Å²) in [5.74, 6) is 0. The van der Waals surface area contributed by atoms with Gasteiger partial charge in [-0.1, -0.05) is 24.3 Å². The van der Waals surface area contributed by atoms with Crippen LogP contribution in [0.2, 0.25) is 0 Å². The number of ether oxygens (including phenoxy) is 1. The molecule has 0 aliphatic heterocycles. The third kappa shape index (κ3) is 3.90. The molecule has 0 bridgehead atoms. The lowest BCUT2D eigenvalue weighted by atomic mass is 10.1. The van der Waals surface area contributed by atoms with Crippen molar-refractivity contribution >= 4 is 22.6 Å². The van der Waals surface area contributed by atoms with Crippen LogP contribution in [0, 0.1) is 0 Å². The second kappa shape index (κ2) is 6.98. The van der Waals surface area contributed by atoms with Crippen molar-refractivity contribution in [2.45, 2.75) is 13.2 Å². The lowest BCUT2D eigenvalue weighted by Gasteiger charge is -2.09. The van der Waals surface area contributed by atoms with Crippen molar-refractivity contribution in [3.8, 4) is 0 Å². The van der Waals surface area contributed by atoms with Gasteiger partial charge in [0.2, 0.25) is 0 Å². The van der Waals surface area contributed by atoms with Crippen molar-refractivity contribution < 1.29 is 9.53 Å². The van der Waals surface area contributed by atoms with Gasteiger partial charge in [0.25, 0.3) is 0 Å². The molecule has 1 aromatic heterocycles. The number of urea groups is 1. The number of rotatable bonds is 5. The number of carbonyl (C=O) groups is 1. The first kappa shape index (κ1) is 15.1. The van der Waals surface area contributed by atoms with Crippen LogP contribution in [0.5, 0.6) is 0 Å². The summed E-state index contributed by atoms with van der Waals surface area (Å²) in [6.07, 6.45) is 1.88. The number of aromatic nitrogens is 1. The summed E-state index contributed by atoms with van der Waals surface area (Å²) in [6, 6.07) is 15.5. The first-order valence-electron chi connectivity index (χ1n) is 7.43. The topological polar surface area (TPSA) is 66.2 Å². The molecule has 0 aliphatic rings. The van der Waals surface area contributed by atoms with E-state index in [2.05, 4.69) is 15.6 Å². The number of fused-ring (bicyclic) bond motifs is 1. The van der Waals surface area contributed by atoms with Gasteiger partial charge in [-0.25, -0.2) is 4.79 Å². The van der Waals surface area contributed by atoms with Crippen LogP contribution < -0.4 is 10.6 Å². The van der Waals surface area contributed by atoms with E-state index in [1.807, 2.05) is 54.7 Å². The smallest absolute Gasteiger partial charge is 0.319 e. The van der Waals surface area contributed by atoms with E-state index in [0.29, 0.717) is 13.2 Å². The Balaban J connectivity index is 1.57. The minimum atomic E-state index is -0.225. The summed E-state index contributed by atoms with van der Waals surface area (Å²) in [5.41, 5.74) is 3.94. The highest BCUT2D eigenvalue weighted by Crippen LogP contribution is 2.17. The Bertz CT molecular complexity index is 811. The number of benzene rings is 2. The Hall–Kier alpha value is -2.79. The van der Waals surface area contributed by atoms with E-state index < -0.39 is 0 Å². The van der Waals surface area contributed by atoms with Crippen LogP contribution in [-0.4, -0.2) is 18.1 Å². The second-order valence-electron chi connectivity index (χ2n) is 5.34. The van der Waals surface area contributed by atoms with Gasteiger partial charge in [0.15, 0.2) is 0 Å². The number of anilines is 1. The van der Waals surface area contributed by atoms with E-state index in [1.165, 1.54) is 0 Å². The molecule has 0 saturated carbocycles. The fourth-order valence-electron chi connectivity index (χ4n) is 2.48. The van der Waals surface area contributed by atoms with E-state index in [-0.39, 0.29) is 6.03 Å². The molecule has 0 saturated heterocycles. The van der Waals surface area contributed by atoms with Crippen LogP contribution in [0.1, 0.15) is 11.1 Å². The zero-order valence-corrected chi connectivity index (χ0v) is 12.9. The summed E-state index contributed by atoms with van der Waals surface area (Å²) in [6.45, 7) is 1.03. The number of hydrogen-bond donors (Lipinski definition) is 3. The highest BCUT2D eigenvalue weighted by atomic mass is 16.5. The van der Waals surface area contributed by atoms with E-state index in [0.717, 1.165) is 27.7 Å². The van der Waals surface area contributed by atoms with Gasteiger partial charge in [-0.15, -0.1) is 0 Å². The summed E-state index contributed by atoms with van der Waals surface area (Å²) < 4.78 is 5.11. The highest BCUT2D eigenvalue weighted by molar-refractivity contribution is 5.92. The molecule has 0 fully saturated rings. The summed E-state index contributed by atoms with van der Waals surface area (Å²) in [7, 11) is 1.67. The summed E-state index contributed by atoms with van der Waals surface area (Å²) in [5, 5.41) is 6.77. The van der Waals surface area contributed by atoms with Gasteiger partial charge < -0.3 is 20.4 Å². The van der Waals surface area contributed by atoms with Gasteiger partial charge in [-0.2, -0.15) is 0 Å². The van der Waals surface area contributed by atoms with Crippen LogP contribution in [0.3, 0.4) is 0 Å². The van der Waals surface area contributed by atoms with Gasteiger partial charge >= 0.3 is 6.03 Å². The van der Waals surface area contributed by atoms with Gasteiger partial charge in [0, 0.05) is 36.4 Å². The molecule has 118 valence electrons. The molecular weight excluding hydrogens is 290 g/mol. The molecule has 5 nitrogen and oxygen atoms in total.